The van der Waals surface area contributed by atoms with Crippen LogP contribution in [-0.2, 0) is 21.7 Å². The standard InChI is InChI=1S/C61H67N3O/c1-38(2)49-37-45(27-28-47(49)48-23-18-19-25-51(48)60(9,10)11)64-54-26-20-24-46(55(54)63-57(64)50-35-44(59(6,7)8)36-52(56(50)65)61(12,13)14)41-31-42(33-43(32-41)58(3,4)5)53-34-40(29-30-62-53)39-21-16-15-17-22-39/h15-38,65H,1-14H3/i38D. The Morgan fingerprint density at radius 2 is 1.14 bits per heavy atom. The van der Waals surface area contributed by atoms with Gasteiger partial charge in [-0.2, -0.15) is 0 Å². The number of nitrogens with zero attached hydrogens (tertiary/aromatic N) is 3. The third-order valence-corrected chi connectivity index (χ3v) is 12.8. The molecule has 0 aliphatic carbocycles. The minimum absolute atomic E-state index is 0.103. The average Bonchev–Trinajstić information content (AvgIpc) is 3.64. The van der Waals surface area contributed by atoms with Crippen LogP contribution in [0.1, 0.15) is 132 Å². The molecule has 0 fully saturated rings. The van der Waals surface area contributed by atoms with Crippen LogP contribution >= 0.6 is 0 Å². The van der Waals surface area contributed by atoms with E-state index in [0.29, 0.717) is 11.4 Å². The summed E-state index contributed by atoms with van der Waals surface area (Å²) in [6.45, 7) is 30.6. The molecule has 0 saturated heterocycles. The maximum absolute atomic E-state index is 12.5. The first-order valence-corrected chi connectivity index (χ1v) is 23.1. The van der Waals surface area contributed by atoms with Crippen LogP contribution in [0.25, 0.3) is 72.7 Å². The van der Waals surface area contributed by atoms with Crippen LogP contribution in [0.15, 0.2) is 140 Å². The minimum Gasteiger partial charge on any atom is -0.507 e. The zero-order chi connectivity index (χ0) is 47.7. The summed E-state index contributed by atoms with van der Waals surface area (Å²) in [4.78, 5) is 10.6. The molecule has 1 N–H and O–H groups in total. The van der Waals surface area contributed by atoms with Gasteiger partial charge < -0.3 is 5.11 Å². The molecule has 65 heavy (non-hydrogen) atoms. The number of aromatic nitrogens is 3. The number of fused-ring (bicyclic) bond motifs is 1. The average molecular weight is 859 g/mol. The largest absolute Gasteiger partial charge is 0.507 e. The van der Waals surface area contributed by atoms with Crippen molar-refractivity contribution in [2.24, 2.45) is 0 Å². The first-order chi connectivity index (χ1) is 30.8. The van der Waals surface area contributed by atoms with Crippen LogP contribution in [-0.4, -0.2) is 19.6 Å². The maximum atomic E-state index is 12.5. The molecule has 4 nitrogen and oxygen atoms in total. The monoisotopic (exact) mass is 859 g/mol. The van der Waals surface area contributed by atoms with E-state index in [9.17, 15) is 6.48 Å². The third kappa shape index (κ3) is 8.93. The van der Waals surface area contributed by atoms with Crippen LogP contribution in [0, 0.1) is 0 Å². The quantitative estimate of drug-likeness (QED) is 0.174. The van der Waals surface area contributed by atoms with Gasteiger partial charge in [0.2, 0.25) is 0 Å². The van der Waals surface area contributed by atoms with E-state index in [0.717, 1.165) is 78.0 Å². The molecule has 2 aromatic heterocycles. The van der Waals surface area contributed by atoms with Gasteiger partial charge in [0.05, 0.1) is 22.3 Å². The number of aromatic hydroxyl groups is 1. The molecular formula is C61H67N3O. The highest BCUT2D eigenvalue weighted by Crippen LogP contribution is 2.46. The zero-order valence-corrected chi connectivity index (χ0v) is 41.1. The Bertz CT molecular complexity index is 3100. The van der Waals surface area contributed by atoms with Crippen molar-refractivity contribution in [3.63, 3.8) is 0 Å². The summed E-state index contributed by atoms with van der Waals surface area (Å²) in [5.74, 6) is -0.0687. The zero-order valence-electron chi connectivity index (χ0n) is 42.1. The van der Waals surface area contributed by atoms with E-state index >= 15 is 0 Å². The highest BCUT2D eigenvalue weighted by atomic mass is 16.3. The molecule has 6 aromatic carbocycles. The fraction of sp³-hybridized carbons (Fsp3) is 0.311. The molecule has 8 aromatic rings. The molecule has 0 bridgehead atoms. The van der Waals surface area contributed by atoms with E-state index in [-0.39, 0.29) is 27.4 Å². The number of rotatable bonds is 7. The maximum Gasteiger partial charge on any atom is 0.149 e. The number of imidazole rings is 1. The topological polar surface area (TPSA) is 50.9 Å². The predicted molar refractivity (Wildman–Crippen MR) is 277 cm³/mol. The van der Waals surface area contributed by atoms with Gasteiger partial charge in [-0.15, -0.1) is 0 Å². The first-order valence-electron chi connectivity index (χ1n) is 23.6. The summed E-state index contributed by atoms with van der Waals surface area (Å²) in [6.07, 6.45) is 1.90. The Morgan fingerprint density at radius 1 is 0.508 bits per heavy atom. The van der Waals surface area contributed by atoms with E-state index in [2.05, 4.69) is 215 Å². The number of para-hydroxylation sites is 1. The molecule has 0 radical (unpaired) electrons. The second-order valence-electron chi connectivity index (χ2n) is 22.2. The molecule has 0 unspecified atom stereocenters. The van der Waals surface area contributed by atoms with Crippen molar-refractivity contribution < 1.29 is 6.48 Å². The molecule has 0 amide bonds. The smallest absolute Gasteiger partial charge is 0.149 e. The highest BCUT2D eigenvalue weighted by molar-refractivity contribution is 5.97. The molecular weight excluding hydrogens is 791 g/mol. The molecule has 0 atom stereocenters. The summed E-state index contributed by atoms with van der Waals surface area (Å²) >= 11 is 0. The lowest BCUT2D eigenvalue weighted by molar-refractivity contribution is 0.446. The predicted octanol–water partition coefficient (Wildman–Crippen LogP) is 16.8. The summed E-state index contributed by atoms with van der Waals surface area (Å²) in [7, 11) is 0. The van der Waals surface area contributed by atoms with Gasteiger partial charge in [-0.25, -0.2) is 4.98 Å². The number of phenols is 1. The number of phenolic OH excluding ortho intramolecular Hbond substituents is 1. The second kappa shape index (κ2) is 16.6. The van der Waals surface area contributed by atoms with Crippen LogP contribution in [0.2, 0.25) is 0 Å². The van der Waals surface area contributed by atoms with Crippen LogP contribution in [0.3, 0.4) is 0 Å². The summed E-state index contributed by atoms with van der Waals surface area (Å²) < 4.78 is 11.8. The van der Waals surface area contributed by atoms with E-state index in [1.54, 1.807) is 0 Å². The SMILES string of the molecule is [2H]C(C)(C)c1cc(-n2c(-c3cc(C(C)(C)C)cc(C(C)(C)C)c3O)nc3c(-c4cc(-c5cc(-c6ccccc6)ccn5)cc(C(C)(C)C)c4)cccc32)ccc1-c1ccccc1C(C)(C)C. The number of pyridine rings is 1. The van der Waals surface area contributed by atoms with E-state index in [1.165, 1.54) is 11.1 Å². The molecule has 8 rings (SSSR count). The summed E-state index contributed by atoms with van der Waals surface area (Å²) in [5.41, 5.74) is 16.2. The summed E-state index contributed by atoms with van der Waals surface area (Å²) in [6, 6.07) is 47.4. The van der Waals surface area contributed by atoms with Gasteiger partial charge in [-0.05, 0) is 126 Å². The Kier molecular flexibility index (Phi) is 11.2. The number of benzene rings is 6. The van der Waals surface area contributed by atoms with Crippen molar-refractivity contribution in [2.75, 3.05) is 0 Å². The van der Waals surface area contributed by atoms with Gasteiger partial charge in [0.1, 0.15) is 11.6 Å². The van der Waals surface area contributed by atoms with Crippen molar-refractivity contribution in [1.29, 1.82) is 0 Å². The van der Waals surface area contributed by atoms with E-state index in [4.69, 9.17) is 9.97 Å². The van der Waals surface area contributed by atoms with E-state index < -0.39 is 5.89 Å². The van der Waals surface area contributed by atoms with Crippen molar-refractivity contribution in [2.45, 2.75) is 124 Å². The normalized spacial score (nSPS) is 13.0. The highest BCUT2D eigenvalue weighted by Gasteiger charge is 2.30. The van der Waals surface area contributed by atoms with Crippen molar-refractivity contribution in [3.05, 3.63) is 167 Å². The molecule has 2 heterocycles. The number of hydrogen-bond acceptors (Lipinski definition) is 3. The Balaban J connectivity index is 1.45. The van der Waals surface area contributed by atoms with E-state index in [1.807, 2.05) is 26.1 Å². The minimum atomic E-state index is -0.943. The van der Waals surface area contributed by atoms with Gasteiger partial charge in [-0.3, -0.25) is 9.55 Å². The molecule has 0 aliphatic heterocycles. The Labute approximate surface area is 389 Å². The lowest BCUT2D eigenvalue weighted by atomic mass is 9.79. The lowest BCUT2D eigenvalue weighted by Gasteiger charge is -2.28. The fourth-order valence-corrected chi connectivity index (χ4v) is 9.04. The number of hydrogen-bond donors (Lipinski definition) is 1. The Hall–Kier alpha value is -6.26. The lowest BCUT2D eigenvalue weighted by Crippen LogP contribution is -2.17. The summed E-state index contributed by atoms with van der Waals surface area (Å²) in [5, 5.41) is 12.5. The molecule has 4 heteroatoms. The van der Waals surface area contributed by atoms with Crippen molar-refractivity contribution >= 4 is 11.0 Å². The van der Waals surface area contributed by atoms with Crippen molar-refractivity contribution in [1.82, 2.24) is 14.5 Å². The first kappa shape index (κ1) is 44.0. The molecule has 0 saturated carbocycles. The molecule has 0 spiro atoms. The van der Waals surface area contributed by atoms with Crippen molar-refractivity contribution in [3.8, 4) is 67.5 Å². The van der Waals surface area contributed by atoms with Gasteiger partial charge in [0.15, 0.2) is 0 Å². The van der Waals surface area contributed by atoms with Gasteiger partial charge >= 0.3 is 0 Å². The van der Waals surface area contributed by atoms with Crippen LogP contribution in [0.5, 0.6) is 5.75 Å². The van der Waals surface area contributed by atoms with Gasteiger partial charge in [0, 0.05) is 29.9 Å². The molecule has 0 aliphatic rings. The Morgan fingerprint density at radius 3 is 1.80 bits per heavy atom. The van der Waals surface area contributed by atoms with Crippen LogP contribution in [0.4, 0.5) is 0 Å². The van der Waals surface area contributed by atoms with Gasteiger partial charge in [0.25, 0.3) is 0 Å². The second-order valence-corrected chi connectivity index (χ2v) is 22.2. The molecule has 332 valence electrons. The van der Waals surface area contributed by atoms with Gasteiger partial charge in [-0.1, -0.05) is 182 Å². The van der Waals surface area contributed by atoms with Crippen LogP contribution < -0.4 is 0 Å². The fourth-order valence-electron chi connectivity index (χ4n) is 9.04. The third-order valence-electron chi connectivity index (χ3n) is 12.8.